The van der Waals surface area contributed by atoms with E-state index in [1.165, 1.54) is 11.3 Å². The minimum absolute atomic E-state index is 0.141. The van der Waals surface area contributed by atoms with Crippen molar-refractivity contribution in [3.05, 3.63) is 10.9 Å². The highest BCUT2D eigenvalue weighted by Crippen LogP contribution is 2.43. The van der Waals surface area contributed by atoms with Crippen molar-refractivity contribution >= 4 is 33.1 Å². The van der Waals surface area contributed by atoms with E-state index in [-0.39, 0.29) is 17.1 Å². The van der Waals surface area contributed by atoms with Gasteiger partial charge in [-0.3, -0.25) is 0 Å². The number of thiophene rings is 1. The van der Waals surface area contributed by atoms with Crippen LogP contribution >= 0.6 is 23.1 Å². The number of methoxy groups -OCH3 is 1. The van der Waals surface area contributed by atoms with E-state index >= 15 is 0 Å². The van der Waals surface area contributed by atoms with Crippen LogP contribution in [0, 0.1) is 0 Å². The fourth-order valence-corrected chi connectivity index (χ4v) is 5.26. The van der Waals surface area contributed by atoms with Gasteiger partial charge in [0.1, 0.15) is 11.0 Å². The Morgan fingerprint density at radius 3 is 2.95 bits per heavy atom. The number of ether oxygens (including phenoxy) is 3. The topological polar surface area (TPSA) is 87.8 Å². The predicted molar refractivity (Wildman–Crippen MR) is 82.2 cm³/mol. The maximum atomic E-state index is 11.5. The van der Waals surface area contributed by atoms with Gasteiger partial charge >= 0.3 is 0 Å². The number of nitrogens with two attached hydrogens (primary N) is 1. The summed E-state index contributed by atoms with van der Waals surface area (Å²) in [5, 5.41) is 5.20. The van der Waals surface area contributed by atoms with Gasteiger partial charge in [0.05, 0.1) is 19.3 Å². The molecule has 120 valence electrons. The molecule has 6 nitrogen and oxygen atoms in total. The molecule has 1 aliphatic rings. The van der Waals surface area contributed by atoms with Gasteiger partial charge in [0.2, 0.25) is 10.0 Å². The lowest BCUT2D eigenvalue weighted by Gasteiger charge is -2.15. The van der Waals surface area contributed by atoms with Crippen molar-refractivity contribution in [3.8, 4) is 0 Å². The molecular formula is C12H19NO5S3. The molecule has 0 radical (unpaired) electrons. The summed E-state index contributed by atoms with van der Waals surface area (Å²) in [5.74, 6) is 0.943. The Balaban J connectivity index is 2.05. The lowest BCUT2D eigenvalue weighted by Crippen LogP contribution is -2.10. The number of thioether (sulfide) groups is 1. The quantitative estimate of drug-likeness (QED) is 0.595. The molecule has 2 rings (SSSR count). The van der Waals surface area contributed by atoms with Gasteiger partial charge in [-0.2, -0.15) is 0 Å². The first-order valence-corrected chi connectivity index (χ1v) is 9.85. The molecule has 2 heterocycles. The van der Waals surface area contributed by atoms with Crippen LogP contribution < -0.4 is 5.14 Å². The summed E-state index contributed by atoms with van der Waals surface area (Å²) in [5.41, 5.74) is 0. The largest absolute Gasteiger partial charge is 0.382 e. The van der Waals surface area contributed by atoms with Gasteiger partial charge in [0, 0.05) is 16.9 Å². The number of rotatable bonds is 7. The van der Waals surface area contributed by atoms with Crippen LogP contribution in [-0.2, 0) is 24.2 Å². The third-order valence-corrected chi connectivity index (χ3v) is 6.85. The molecule has 0 saturated carbocycles. The number of fused-ring (bicyclic) bond motifs is 1. The van der Waals surface area contributed by atoms with Crippen molar-refractivity contribution in [2.45, 2.75) is 28.1 Å². The van der Waals surface area contributed by atoms with Crippen LogP contribution in [-0.4, -0.2) is 41.3 Å². The van der Waals surface area contributed by atoms with Gasteiger partial charge in [-0.25, -0.2) is 13.6 Å². The average Bonchev–Trinajstić information content (AvgIpc) is 2.77. The highest BCUT2D eigenvalue weighted by molar-refractivity contribution is 7.99. The van der Waals surface area contributed by atoms with E-state index in [4.69, 9.17) is 19.3 Å². The van der Waals surface area contributed by atoms with Gasteiger partial charge in [-0.15, -0.1) is 23.1 Å². The molecule has 0 bridgehead atoms. The third kappa shape index (κ3) is 4.92. The lowest BCUT2D eigenvalue weighted by molar-refractivity contribution is -0.100. The van der Waals surface area contributed by atoms with Crippen LogP contribution in [0.25, 0.3) is 0 Å². The molecule has 0 spiro atoms. The standard InChI is InChI=1S/C12H19NO5S3/c1-16-4-5-17-8-18-9-3-2-6-19-10-7-11(20-12(9)10)21(13,14)15/h7,9H,2-6,8H2,1H3,(H2,13,14,15). The van der Waals surface area contributed by atoms with Crippen molar-refractivity contribution < 1.29 is 22.6 Å². The molecule has 1 aromatic rings. The second-order valence-corrected chi connectivity index (χ2v) is 8.51. The van der Waals surface area contributed by atoms with Gasteiger partial charge in [-0.05, 0) is 24.7 Å². The monoisotopic (exact) mass is 353 g/mol. The van der Waals surface area contributed by atoms with E-state index in [9.17, 15) is 8.42 Å². The average molecular weight is 353 g/mol. The molecule has 0 saturated heterocycles. The molecule has 1 unspecified atom stereocenters. The maximum Gasteiger partial charge on any atom is 0.247 e. The normalized spacial score (nSPS) is 19.2. The smallest absolute Gasteiger partial charge is 0.247 e. The van der Waals surface area contributed by atoms with E-state index < -0.39 is 10.0 Å². The second-order valence-electron chi connectivity index (χ2n) is 4.50. The van der Waals surface area contributed by atoms with E-state index in [2.05, 4.69) is 0 Å². The molecule has 1 atom stereocenters. The second kappa shape index (κ2) is 7.91. The molecular weight excluding hydrogens is 334 g/mol. The number of hydrogen-bond donors (Lipinski definition) is 1. The summed E-state index contributed by atoms with van der Waals surface area (Å²) in [4.78, 5) is 1.88. The summed E-state index contributed by atoms with van der Waals surface area (Å²) in [6.45, 7) is 1.15. The zero-order chi connectivity index (χ0) is 15.3. The first-order valence-electron chi connectivity index (χ1n) is 6.50. The molecule has 0 fully saturated rings. The Morgan fingerprint density at radius 2 is 2.24 bits per heavy atom. The molecule has 21 heavy (non-hydrogen) atoms. The van der Waals surface area contributed by atoms with Gasteiger partial charge in [-0.1, -0.05) is 0 Å². The maximum absolute atomic E-state index is 11.5. The number of primary sulfonamides is 1. The fraction of sp³-hybridized carbons (Fsp3) is 0.667. The van der Waals surface area contributed by atoms with Crippen molar-refractivity contribution in [2.75, 3.05) is 32.9 Å². The highest BCUT2D eigenvalue weighted by atomic mass is 32.2. The van der Waals surface area contributed by atoms with Crippen LogP contribution in [0.1, 0.15) is 23.8 Å². The zero-order valence-corrected chi connectivity index (χ0v) is 14.2. The molecule has 0 amide bonds. The Hall–Kier alpha value is -0.160. The Bertz CT molecular complexity index is 557. The van der Waals surface area contributed by atoms with Crippen LogP contribution in [0.5, 0.6) is 0 Å². The minimum Gasteiger partial charge on any atom is -0.382 e. The van der Waals surface area contributed by atoms with Gasteiger partial charge < -0.3 is 14.2 Å². The van der Waals surface area contributed by atoms with Crippen molar-refractivity contribution in [3.63, 3.8) is 0 Å². The van der Waals surface area contributed by atoms with Gasteiger partial charge in [0.15, 0.2) is 0 Å². The Labute approximate surface area is 133 Å². The third-order valence-electron chi connectivity index (χ3n) is 2.93. The first-order chi connectivity index (χ1) is 10.0. The van der Waals surface area contributed by atoms with Crippen molar-refractivity contribution in [1.29, 1.82) is 0 Å². The van der Waals surface area contributed by atoms with Crippen molar-refractivity contribution in [2.24, 2.45) is 5.14 Å². The van der Waals surface area contributed by atoms with Crippen LogP contribution in [0.3, 0.4) is 0 Å². The van der Waals surface area contributed by atoms with Crippen LogP contribution in [0.15, 0.2) is 15.2 Å². The molecule has 1 aliphatic heterocycles. The molecule has 0 aliphatic carbocycles. The summed E-state index contributed by atoms with van der Waals surface area (Å²) in [6, 6.07) is 1.65. The first kappa shape index (κ1) is 17.2. The van der Waals surface area contributed by atoms with E-state index in [0.29, 0.717) is 13.2 Å². The van der Waals surface area contributed by atoms with E-state index in [0.717, 1.165) is 28.4 Å². The van der Waals surface area contributed by atoms with Crippen molar-refractivity contribution in [1.82, 2.24) is 0 Å². The predicted octanol–water partition coefficient (Wildman–Crippen LogP) is 1.96. The van der Waals surface area contributed by atoms with Gasteiger partial charge in [0.25, 0.3) is 0 Å². The van der Waals surface area contributed by atoms with E-state index in [1.807, 2.05) is 0 Å². The lowest BCUT2D eigenvalue weighted by atomic mass is 10.2. The zero-order valence-electron chi connectivity index (χ0n) is 11.7. The van der Waals surface area contributed by atoms with Crippen LogP contribution in [0.2, 0.25) is 0 Å². The fourth-order valence-electron chi connectivity index (χ4n) is 1.92. The summed E-state index contributed by atoms with van der Waals surface area (Å²) < 4.78 is 39.1. The summed E-state index contributed by atoms with van der Waals surface area (Å²) in [6.07, 6.45) is 1.72. The Morgan fingerprint density at radius 1 is 1.43 bits per heavy atom. The van der Waals surface area contributed by atoms with E-state index in [1.54, 1.807) is 24.9 Å². The minimum atomic E-state index is -3.66. The number of hydrogen-bond acceptors (Lipinski definition) is 7. The Kier molecular flexibility index (Phi) is 6.48. The number of sulfonamides is 1. The summed E-state index contributed by atoms with van der Waals surface area (Å²) >= 11 is 2.84. The SMILES string of the molecule is COCCOCOC1CCCSc2cc(S(N)(=O)=O)sc21. The molecule has 9 heteroatoms. The summed E-state index contributed by atoms with van der Waals surface area (Å²) in [7, 11) is -2.05. The highest BCUT2D eigenvalue weighted by Gasteiger charge is 2.25. The van der Waals surface area contributed by atoms with Crippen LogP contribution in [0.4, 0.5) is 0 Å². The molecule has 2 N–H and O–H groups in total. The molecule has 0 aromatic carbocycles. The molecule has 1 aromatic heterocycles.